The number of carbonyl (C=O) groups is 1. The summed E-state index contributed by atoms with van der Waals surface area (Å²) in [5.41, 5.74) is 3.84. The van der Waals surface area contributed by atoms with Gasteiger partial charge in [0.15, 0.2) is 0 Å². The van der Waals surface area contributed by atoms with Crippen LogP contribution >= 0.6 is 11.8 Å². The fourth-order valence-electron chi connectivity index (χ4n) is 2.58. The summed E-state index contributed by atoms with van der Waals surface area (Å²) in [6.45, 7) is 0. The van der Waals surface area contributed by atoms with Crippen LogP contribution < -0.4 is 5.32 Å². The van der Waals surface area contributed by atoms with Gasteiger partial charge in [0, 0.05) is 9.79 Å². The lowest BCUT2D eigenvalue weighted by atomic mass is 10.1. The number of hydrogen-bond acceptors (Lipinski definition) is 2. The van der Waals surface area contributed by atoms with Gasteiger partial charge in [-0.25, -0.2) is 0 Å². The lowest BCUT2D eigenvalue weighted by molar-refractivity contribution is 0.102. The van der Waals surface area contributed by atoms with Crippen LogP contribution in [0.5, 0.6) is 0 Å². The van der Waals surface area contributed by atoms with Gasteiger partial charge in [0.1, 0.15) is 0 Å². The van der Waals surface area contributed by atoms with E-state index in [9.17, 15) is 4.79 Å². The average molecular weight is 303 g/mol. The van der Waals surface area contributed by atoms with Crippen molar-refractivity contribution in [2.45, 2.75) is 9.79 Å². The molecule has 0 atom stereocenters. The van der Waals surface area contributed by atoms with E-state index in [1.165, 1.54) is 0 Å². The summed E-state index contributed by atoms with van der Waals surface area (Å²) < 4.78 is 0. The van der Waals surface area contributed by atoms with Crippen molar-refractivity contribution in [1.29, 1.82) is 0 Å². The van der Waals surface area contributed by atoms with Crippen molar-refractivity contribution in [3.05, 3.63) is 78.4 Å². The second-order valence-corrected chi connectivity index (χ2v) is 6.21. The number of benzene rings is 3. The molecule has 0 radical (unpaired) electrons. The van der Waals surface area contributed by atoms with Gasteiger partial charge in [0.05, 0.1) is 11.3 Å². The van der Waals surface area contributed by atoms with Crippen molar-refractivity contribution >= 4 is 23.4 Å². The number of rotatable bonds is 1. The van der Waals surface area contributed by atoms with E-state index in [0.717, 1.165) is 32.2 Å². The van der Waals surface area contributed by atoms with Gasteiger partial charge in [-0.15, -0.1) is 0 Å². The molecule has 0 aliphatic carbocycles. The molecule has 106 valence electrons. The zero-order valence-electron chi connectivity index (χ0n) is 11.7. The molecule has 3 heteroatoms. The zero-order valence-corrected chi connectivity index (χ0v) is 12.6. The third kappa shape index (κ3) is 2.30. The van der Waals surface area contributed by atoms with E-state index in [-0.39, 0.29) is 5.91 Å². The summed E-state index contributed by atoms with van der Waals surface area (Å²) in [6, 6.07) is 24.1. The van der Waals surface area contributed by atoms with E-state index < -0.39 is 0 Å². The molecule has 0 unspecified atom stereocenters. The maximum Gasteiger partial charge on any atom is 0.256 e. The van der Waals surface area contributed by atoms with E-state index >= 15 is 0 Å². The molecule has 0 fully saturated rings. The standard InChI is InChI=1S/C19H13NOS/c21-19-15-8-4-5-9-17(15)22-18-11-10-14(12-16(18)20-19)13-6-2-1-3-7-13/h1-12H,(H,20,21). The Morgan fingerprint density at radius 3 is 2.36 bits per heavy atom. The average Bonchev–Trinajstić information content (AvgIpc) is 2.71. The van der Waals surface area contributed by atoms with Gasteiger partial charge in [-0.05, 0) is 35.4 Å². The van der Waals surface area contributed by atoms with Crippen LogP contribution in [-0.2, 0) is 0 Å². The highest BCUT2D eigenvalue weighted by Crippen LogP contribution is 2.40. The Bertz CT molecular complexity index is 858. The van der Waals surface area contributed by atoms with Crippen LogP contribution in [0, 0.1) is 0 Å². The predicted octanol–water partition coefficient (Wildman–Crippen LogP) is 5.07. The molecular weight excluding hydrogens is 290 g/mol. The third-order valence-electron chi connectivity index (χ3n) is 3.69. The number of hydrogen-bond donors (Lipinski definition) is 1. The molecule has 1 aliphatic heterocycles. The van der Waals surface area contributed by atoms with Crippen LogP contribution in [-0.4, -0.2) is 5.91 Å². The van der Waals surface area contributed by atoms with Crippen molar-refractivity contribution in [2.75, 3.05) is 5.32 Å². The highest BCUT2D eigenvalue weighted by atomic mass is 32.2. The molecule has 3 aromatic rings. The molecule has 0 saturated carbocycles. The summed E-state index contributed by atoms with van der Waals surface area (Å²) in [5.74, 6) is -0.0490. The van der Waals surface area contributed by atoms with Crippen molar-refractivity contribution < 1.29 is 4.79 Å². The Hall–Kier alpha value is -2.52. The topological polar surface area (TPSA) is 29.1 Å². The summed E-state index contributed by atoms with van der Waals surface area (Å²) in [5, 5.41) is 3.03. The van der Waals surface area contributed by atoms with Gasteiger partial charge in [0.2, 0.25) is 0 Å². The molecule has 4 rings (SSSR count). The van der Waals surface area contributed by atoms with E-state index in [1.54, 1.807) is 11.8 Å². The van der Waals surface area contributed by atoms with E-state index in [0.29, 0.717) is 0 Å². The molecule has 3 aromatic carbocycles. The molecule has 2 nitrogen and oxygen atoms in total. The molecule has 0 bridgehead atoms. The van der Waals surface area contributed by atoms with Gasteiger partial charge in [-0.3, -0.25) is 4.79 Å². The lowest BCUT2D eigenvalue weighted by Crippen LogP contribution is -2.11. The molecule has 0 aromatic heterocycles. The van der Waals surface area contributed by atoms with Crippen molar-refractivity contribution in [3.8, 4) is 11.1 Å². The summed E-state index contributed by atoms with van der Waals surface area (Å²) in [7, 11) is 0. The Balaban J connectivity index is 1.80. The highest BCUT2D eigenvalue weighted by Gasteiger charge is 2.19. The van der Waals surface area contributed by atoms with Crippen LogP contribution in [0.25, 0.3) is 11.1 Å². The summed E-state index contributed by atoms with van der Waals surface area (Å²) >= 11 is 1.63. The minimum atomic E-state index is -0.0490. The lowest BCUT2D eigenvalue weighted by Gasteiger charge is -2.09. The first-order valence-electron chi connectivity index (χ1n) is 7.09. The molecule has 0 spiro atoms. The van der Waals surface area contributed by atoms with Crippen molar-refractivity contribution in [3.63, 3.8) is 0 Å². The fourth-order valence-corrected chi connectivity index (χ4v) is 3.59. The van der Waals surface area contributed by atoms with E-state index in [4.69, 9.17) is 0 Å². The predicted molar refractivity (Wildman–Crippen MR) is 90.4 cm³/mol. The first-order chi connectivity index (χ1) is 10.8. The molecule has 1 heterocycles. The van der Waals surface area contributed by atoms with Gasteiger partial charge < -0.3 is 5.32 Å². The van der Waals surface area contributed by atoms with Crippen molar-refractivity contribution in [2.24, 2.45) is 0 Å². The first kappa shape index (κ1) is 13.2. The summed E-state index contributed by atoms with van der Waals surface area (Å²) in [6.07, 6.45) is 0. The molecule has 0 saturated heterocycles. The van der Waals surface area contributed by atoms with Crippen LogP contribution in [0.3, 0.4) is 0 Å². The van der Waals surface area contributed by atoms with E-state index in [2.05, 4.69) is 29.6 Å². The smallest absolute Gasteiger partial charge is 0.256 e. The number of fused-ring (bicyclic) bond motifs is 2. The van der Waals surface area contributed by atoms with Crippen LogP contribution in [0.1, 0.15) is 10.4 Å². The maximum absolute atomic E-state index is 12.4. The SMILES string of the molecule is O=C1Nc2cc(-c3ccccc3)ccc2Sc2ccccc21. The molecule has 1 aliphatic rings. The molecule has 22 heavy (non-hydrogen) atoms. The molecule has 1 amide bonds. The van der Waals surface area contributed by atoms with Crippen LogP contribution in [0.15, 0.2) is 82.6 Å². The van der Waals surface area contributed by atoms with Crippen LogP contribution in [0.2, 0.25) is 0 Å². The Morgan fingerprint density at radius 2 is 1.50 bits per heavy atom. The number of carbonyl (C=O) groups excluding carboxylic acids is 1. The zero-order chi connectivity index (χ0) is 14.9. The Kier molecular flexibility index (Phi) is 3.20. The number of amides is 1. The van der Waals surface area contributed by atoms with Crippen molar-refractivity contribution in [1.82, 2.24) is 0 Å². The quantitative estimate of drug-likeness (QED) is 0.680. The Labute approximate surface area is 133 Å². The fraction of sp³-hybridized carbons (Fsp3) is 0. The van der Waals surface area contributed by atoms with Gasteiger partial charge in [-0.1, -0.05) is 60.3 Å². The Morgan fingerprint density at radius 1 is 0.727 bits per heavy atom. The first-order valence-corrected chi connectivity index (χ1v) is 7.90. The van der Waals surface area contributed by atoms with Gasteiger partial charge >= 0.3 is 0 Å². The second-order valence-electron chi connectivity index (χ2n) is 5.13. The minimum Gasteiger partial charge on any atom is -0.321 e. The summed E-state index contributed by atoms with van der Waals surface area (Å²) in [4.78, 5) is 14.5. The number of anilines is 1. The highest BCUT2D eigenvalue weighted by molar-refractivity contribution is 7.99. The largest absolute Gasteiger partial charge is 0.321 e. The van der Waals surface area contributed by atoms with E-state index in [1.807, 2.05) is 48.5 Å². The van der Waals surface area contributed by atoms with Gasteiger partial charge in [0.25, 0.3) is 5.91 Å². The monoisotopic (exact) mass is 303 g/mol. The number of nitrogens with one attached hydrogen (secondary N) is 1. The molecular formula is C19H13NOS. The third-order valence-corrected chi connectivity index (χ3v) is 4.84. The maximum atomic E-state index is 12.4. The second kappa shape index (κ2) is 5.35. The van der Waals surface area contributed by atoms with Crippen LogP contribution in [0.4, 0.5) is 5.69 Å². The minimum absolute atomic E-state index is 0.0490. The normalized spacial score (nSPS) is 12.8. The molecule has 1 N–H and O–H groups in total. The van der Waals surface area contributed by atoms with Gasteiger partial charge in [-0.2, -0.15) is 0 Å².